The number of pyridine rings is 1. The number of carbonyl (C=O) groups is 1. The highest BCUT2D eigenvalue weighted by Gasteiger charge is 2.14. The minimum absolute atomic E-state index is 0.00205. The van der Waals surface area contributed by atoms with Gasteiger partial charge in [0.25, 0.3) is 5.91 Å². The summed E-state index contributed by atoms with van der Waals surface area (Å²) < 4.78 is 6.57. The van der Waals surface area contributed by atoms with Crippen LogP contribution in [0, 0.1) is 6.92 Å². The molecule has 1 amide bonds. The number of hydrazone groups is 1. The Morgan fingerprint density at radius 1 is 1.09 bits per heavy atom. The van der Waals surface area contributed by atoms with E-state index < -0.39 is 0 Å². The summed E-state index contributed by atoms with van der Waals surface area (Å²) in [7, 11) is 1.46. The maximum atomic E-state index is 13.1. The molecule has 1 aromatic heterocycles. The van der Waals surface area contributed by atoms with Crippen molar-refractivity contribution in [1.82, 2.24) is 10.4 Å². The van der Waals surface area contributed by atoms with Gasteiger partial charge in [-0.2, -0.15) is 5.10 Å². The monoisotopic (exact) mass is 567 g/mol. The minimum atomic E-state index is -0.354. The highest BCUT2D eigenvalue weighted by atomic mass is 79.9. The Balaban J connectivity index is 1.68. The number of fused-ring (bicyclic) bond motifs is 1. The maximum absolute atomic E-state index is 13.1. The first kappa shape index (κ1) is 22.9. The Hall–Kier alpha value is -3.23. The van der Waals surface area contributed by atoms with Crippen molar-refractivity contribution in [3.63, 3.8) is 0 Å². The average Bonchev–Trinajstić information content (AvgIpc) is 2.81. The van der Waals surface area contributed by atoms with Gasteiger partial charge in [0.1, 0.15) is 0 Å². The number of nitrogens with one attached hydrogen (secondary N) is 1. The molecule has 33 heavy (non-hydrogen) atoms. The molecule has 0 spiro atoms. The van der Waals surface area contributed by atoms with Gasteiger partial charge in [-0.1, -0.05) is 39.7 Å². The van der Waals surface area contributed by atoms with Gasteiger partial charge in [-0.3, -0.25) is 4.79 Å². The van der Waals surface area contributed by atoms with Crippen LogP contribution in [0.1, 0.15) is 21.5 Å². The van der Waals surface area contributed by atoms with E-state index in [0.717, 1.165) is 26.5 Å². The lowest BCUT2D eigenvalue weighted by Gasteiger charge is -2.10. The second-order valence-electron chi connectivity index (χ2n) is 7.34. The normalized spacial score (nSPS) is 11.2. The number of rotatable bonds is 5. The third kappa shape index (κ3) is 5.07. The van der Waals surface area contributed by atoms with Crippen LogP contribution < -0.4 is 10.2 Å². The van der Waals surface area contributed by atoms with E-state index in [1.807, 2.05) is 49.4 Å². The van der Waals surface area contributed by atoms with Crippen LogP contribution in [-0.2, 0) is 0 Å². The van der Waals surface area contributed by atoms with Crippen molar-refractivity contribution in [1.29, 1.82) is 0 Å². The lowest BCUT2D eigenvalue weighted by atomic mass is 10.0. The fourth-order valence-corrected chi connectivity index (χ4v) is 4.07. The summed E-state index contributed by atoms with van der Waals surface area (Å²) in [6.07, 6.45) is 1.48. The van der Waals surface area contributed by atoms with Crippen LogP contribution in [0.2, 0.25) is 0 Å². The molecule has 8 heteroatoms. The average molecular weight is 569 g/mol. The Bertz CT molecular complexity index is 1390. The number of amides is 1. The predicted molar refractivity (Wildman–Crippen MR) is 137 cm³/mol. The molecular weight excluding hydrogens is 550 g/mol. The molecule has 0 bridgehead atoms. The van der Waals surface area contributed by atoms with Gasteiger partial charge in [-0.15, -0.1) is 0 Å². The highest BCUT2D eigenvalue weighted by molar-refractivity contribution is 9.10. The standard InChI is InChI=1S/C25H19Br2N3O3/c1-14-3-8-21-18(9-14)19(12-22(29-21)16-4-6-17(26)7-5-16)25(32)30-28-13-15-10-20(27)24(31)23(11-15)33-2/h3-13,31H,1-2H3,(H,30,32)/b28-13+. The summed E-state index contributed by atoms with van der Waals surface area (Å²) in [6.45, 7) is 1.97. The number of ether oxygens (including phenoxy) is 1. The number of nitrogens with zero attached hydrogens (tertiary/aromatic N) is 2. The second-order valence-corrected chi connectivity index (χ2v) is 9.11. The van der Waals surface area contributed by atoms with Crippen molar-refractivity contribution >= 4 is 54.9 Å². The molecule has 166 valence electrons. The minimum Gasteiger partial charge on any atom is -0.503 e. The molecule has 0 aliphatic rings. The third-order valence-corrected chi connectivity index (χ3v) is 6.13. The first-order valence-corrected chi connectivity index (χ1v) is 11.5. The zero-order chi connectivity index (χ0) is 23.5. The van der Waals surface area contributed by atoms with E-state index in [4.69, 9.17) is 9.72 Å². The van der Waals surface area contributed by atoms with Crippen LogP contribution in [0.15, 0.2) is 74.7 Å². The van der Waals surface area contributed by atoms with Crippen LogP contribution in [0.5, 0.6) is 11.5 Å². The molecule has 0 aliphatic heterocycles. The molecule has 4 aromatic rings. The van der Waals surface area contributed by atoms with Crippen molar-refractivity contribution in [3.8, 4) is 22.8 Å². The molecule has 2 N–H and O–H groups in total. The van der Waals surface area contributed by atoms with E-state index in [2.05, 4.69) is 42.4 Å². The summed E-state index contributed by atoms with van der Waals surface area (Å²) >= 11 is 6.72. The van der Waals surface area contributed by atoms with Crippen LogP contribution in [0.3, 0.4) is 0 Å². The predicted octanol–water partition coefficient (Wildman–Crippen LogP) is 6.21. The van der Waals surface area contributed by atoms with Gasteiger partial charge in [-0.05, 0) is 70.9 Å². The number of hydrogen-bond donors (Lipinski definition) is 2. The fraction of sp³-hybridized carbons (Fsp3) is 0.0800. The number of carbonyl (C=O) groups excluding carboxylic acids is 1. The molecule has 1 heterocycles. The topological polar surface area (TPSA) is 83.8 Å². The molecule has 0 saturated heterocycles. The Morgan fingerprint density at radius 2 is 1.85 bits per heavy atom. The zero-order valence-electron chi connectivity index (χ0n) is 17.8. The van der Waals surface area contributed by atoms with Gasteiger partial charge in [0.15, 0.2) is 11.5 Å². The Morgan fingerprint density at radius 3 is 2.58 bits per heavy atom. The number of phenolic OH excluding ortho intramolecular Hbond substituents is 1. The first-order valence-electron chi connectivity index (χ1n) is 9.93. The van der Waals surface area contributed by atoms with E-state index in [1.165, 1.54) is 13.3 Å². The smallest absolute Gasteiger partial charge is 0.272 e. The van der Waals surface area contributed by atoms with Crippen molar-refractivity contribution in [2.75, 3.05) is 7.11 Å². The number of aromatic nitrogens is 1. The Kier molecular flexibility index (Phi) is 6.76. The summed E-state index contributed by atoms with van der Waals surface area (Å²) in [5, 5.41) is 14.8. The van der Waals surface area contributed by atoms with Crippen molar-refractivity contribution in [2.24, 2.45) is 5.10 Å². The largest absolute Gasteiger partial charge is 0.503 e. The van der Waals surface area contributed by atoms with Crippen molar-refractivity contribution in [3.05, 3.63) is 86.3 Å². The van der Waals surface area contributed by atoms with Gasteiger partial charge in [0.05, 0.1) is 34.6 Å². The van der Waals surface area contributed by atoms with Crippen LogP contribution in [-0.4, -0.2) is 29.3 Å². The lowest BCUT2D eigenvalue weighted by Crippen LogP contribution is -2.18. The van der Waals surface area contributed by atoms with E-state index in [9.17, 15) is 9.90 Å². The number of aryl methyl sites for hydroxylation is 1. The van der Waals surface area contributed by atoms with Crippen LogP contribution >= 0.6 is 31.9 Å². The molecule has 0 saturated carbocycles. The van der Waals surface area contributed by atoms with E-state index in [-0.39, 0.29) is 11.7 Å². The molecule has 0 radical (unpaired) electrons. The number of phenols is 1. The fourth-order valence-electron chi connectivity index (χ4n) is 3.35. The number of halogens is 2. The second kappa shape index (κ2) is 9.72. The van der Waals surface area contributed by atoms with Crippen molar-refractivity contribution in [2.45, 2.75) is 6.92 Å². The van der Waals surface area contributed by atoms with E-state index >= 15 is 0 Å². The molecule has 0 atom stereocenters. The van der Waals surface area contributed by atoms with Crippen molar-refractivity contribution < 1.29 is 14.6 Å². The van der Waals surface area contributed by atoms with Crippen LogP contribution in [0.4, 0.5) is 0 Å². The summed E-state index contributed by atoms with van der Waals surface area (Å²) in [4.78, 5) is 17.9. The molecule has 0 fully saturated rings. The number of aromatic hydroxyl groups is 1. The van der Waals surface area contributed by atoms with E-state index in [1.54, 1.807) is 18.2 Å². The summed E-state index contributed by atoms with van der Waals surface area (Å²) in [5.74, 6) is -0.0582. The van der Waals surface area contributed by atoms with Gasteiger partial charge < -0.3 is 9.84 Å². The Labute approximate surface area is 207 Å². The zero-order valence-corrected chi connectivity index (χ0v) is 20.9. The molecule has 3 aromatic carbocycles. The molecule has 0 aliphatic carbocycles. The third-order valence-electron chi connectivity index (χ3n) is 5.00. The van der Waals surface area contributed by atoms with E-state index in [0.29, 0.717) is 27.0 Å². The summed E-state index contributed by atoms with van der Waals surface area (Å²) in [6, 6.07) is 18.6. The number of hydrogen-bond acceptors (Lipinski definition) is 5. The molecule has 4 rings (SSSR count). The molecule has 0 unspecified atom stereocenters. The number of benzene rings is 3. The summed E-state index contributed by atoms with van der Waals surface area (Å²) in [5.41, 5.74) is 7.06. The van der Waals surface area contributed by atoms with Gasteiger partial charge in [0.2, 0.25) is 0 Å². The SMILES string of the molecule is COc1cc(/C=N/NC(=O)c2cc(-c3ccc(Br)cc3)nc3ccc(C)cc23)cc(Br)c1O. The lowest BCUT2D eigenvalue weighted by molar-refractivity contribution is 0.0956. The van der Waals surface area contributed by atoms with Gasteiger partial charge >= 0.3 is 0 Å². The molecule has 6 nitrogen and oxygen atoms in total. The first-order chi connectivity index (χ1) is 15.9. The van der Waals surface area contributed by atoms with Crippen LogP contribution in [0.25, 0.3) is 22.2 Å². The highest BCUT2D eigenvalue weighted by Crippen LogP contribution is 2.34. The quantitative estimate of drug-likeness (QED) is 0.221. The van der Waals surface area contributed by atoms with Gasteiger partial charge in [0, 0.05) is 15.4 Å². The number of methoxy groups -OCH3 is 1. The van der Waals surface area contributed by atoms with Gasteiger partial charge in [-0.25, -0.2) is 10.4 Å². The maximum Gasteiger partial charge on any atom is 0.272 e. The molecular formula is C25H19Br2N3O3.